The van der Waals surface area contributed by atoms with Gasteiger partial charge >= 0.3 is 0 Å². The lowest BCUT2D eigenvalue weighted by Gasteiger charge is -2.38. The molecule has 0 radical (unpaired) electrons. The fourth-order valence-electron chi connectivity index (χ4n) is 4.30. The molecule has 6 nitrogen and oxygen atoms in total. The second kappa shape index (κ2) is 9.65. The average Bonchev–Trinajstić information content (AvgIpc) is 3.15. The van der Waals surface area contributed by atoms with Crippen LogP contribution in [0.1, 0.15) is 44.6 Å². The van der Waals surface area contributed by atoms with Crippen LogP contribution in [0.15, 0.2) is 30.3 Å². The molecular formula is C21H31N3O3S. The van der Waals surface area contributed by atoms with Gasteiger partial charge in [0, 0.05) is 22.6 Å². The Balaban J connectivity index is 1.62. The van der Waals surface area contributed by atoms with E-state index in [4.69, 9.17) is 0 Å². The molecule has 2 saturated heterocycles. The molecule has 0 aliphatic carbocycles. The largest absolute Gasteiger partial charge is 0.343 e. The van der Waals surface area contributed by atoms with Gasteiger partial charge in [-0.25, -0.2) is 0 Å². The number of hydrogen-bond donors (Lipinski definition) is 2. The van der Waals surface area contributed by atoms with Crippen LogP contribution < -0.4 is 10.6 Å². The van der Waals surface area contributed by atoms with Gasteiger partial charge in [-0.1, -0.05) is 37.3 Å². The number of hydrogen-bond acceptors (Lipinski definition) is 4. The molecule has 3 rings (SSSR count). The van der Waals surface area contributed by atoms with Crippen LogP contribution in [0.5, 0.6) is 0 Å². The Morgan fingerprint density at radius 2 is 1.93 bits per heavy atom. The highest BCUT2D eigenvalue weighted by Gasteiger charge is 2.45. The number of fused-ring (bicyclic) bond motifs is 1. The number of rotatable bonds is 8. The lowest BCUT2D eigenvalue weighted by Crippen LogP contribution is -2.58. The van der Waals surface area contributed by atoms with Gasteiger partial charge in [-0.2, -0.15) is 0 Å². The number of carbonyl (C=O) groups excluding carboxylic acids is 2. The maximum absolute atomic E-state index is 13.1. The van der Waals surface area contributed by atoms with Crippen molar-refractivity contribution >= 4 is 22.6 Å². The molecule has 1 aromatic rings. The lowest BCUT2D eigenvalue weighted by molar-refractivity contribution is -0.141. The molecule has 2 amide bonds. The highest BCUT2D eigenvalue weighted by atomic mass is 32.2. The van der Waals surface area contributed by atoms with Crippen molar-refractivity contribution in [3.63, 3.8) is 0 Å². The zero-order valence-electron chi connectivity index (χ0n) is 16.7. The fourth-order valence-corrected chi connectivity index (χ4v) is 5.94. The first kappa shape index (κ1) is 21.0. The highest BCUT2D eigenvalue weighted by molar-refractivity contribution is 7.85. The number of aryl methyl sites for hydroxylation is 1. The maximum atomic E-state index is 13.1. The highest BCUT2D eigenvalue weighted by Crippen LogP contribution is 2.34. The molecule has 28 heavy (non-hydrogen) atoms. The summed E-state index contributed by atoms with van der Waals surface area (Å²) in [6.45, 7) is 1.94. The second-order valence-electron chi connectivity index (χ2n) is 7.64. The Kier molecular flexibility index (Phi) is 7.24. The molecule has 0 spiro atoms. The Bertz CT molecular complexity index is 708. The summed E-state index contributed by atoms with van der Waals surface area (Å²) in [5.74, 6) is 0.355. The first-order chi connectivity index (χ1) is 13.5. The van der Waals surface area contributed by atoms with Crippen LogP contribution in [0.25, 0.3) is 0 Å². The molecule has 2 heterocycles. The van der Waals surface area contributed by atoms with Gasteiger partial charge in [0.2, 0.25) is 11.8 Å². The summed E-state index contributed by atoms with van der Waals surface area (Å²) in [6.07, 6.45) is 4.63. The zero-order valence-corrected chi connectivity index (χ0v) is 17.5. The van der Waals surface area contributed by atoms with Crippen LogP contribution in [0, 0.1) is 0 Å². The van der Waals surface area contributed by atoms with E-state index in [1.807, 2.05) is 42.2 Å². The SMILES string of the molecule is CCC(NC)C(=O)N[C@H]1CC[C@H]2CCC(S(=O)CCc3ccccc3)N2C1=O. The molecule has 0 bridgehead atoms. The minimum Gasteiger partial charge on any atom is -0.343 e. The summed E-state index contributed by atoms with van der Waals surface area (Å²) in [7, 11) is 0.654. The zero-order chi connectivity index (χ0) is 20.1. The molecule has 2 aliphatic heterocycles. The van der Waals surface area contributed by atoms with Crippen molar-refractivity contribution in [2.24, 2.45) is 0 Å². The summed E-state index contributed by atoms with van der Waals surface area (Å²) in [4.78, 5) is 27.3. The predicted molar refractivity (Wildman–Crippen MR) is 111 cm³/mol. The molecule has 0 saturated carbocycles. The summed E-state index contributed by atoms with van der Waals surface area (Å²) in [5.41, 5.74) is 1.16. The van der Waals surface area contributed by atoms with Crippen LogP contribution in [-0.4, -0.2) is 57.2 Å². The molecule has 2 fully saturated rings. The molecule has 5 atom stereocenters. The number of nitrogens with zero attached hydrogens (tertiary/aromatic N) is 1. The van der Waals surface area contributed by atoms with E-state index in [2.05, 4.69) is 10.6 Å². The molecule has 0 aromatic heterocycles. The standard InChI is InChI=1S/C21H31N3O3S/c1-3-17(22-2)20(25)23-18-11-9-16-10-12-19(24(16)21(18)26)28(27)14-13-15-7-5-4-6-8-15/h4-8,16-19,22H,3,9-14H2,1-2H3,(H,23,25)/t16-,17?,18-,19?,28?/m0/s1. The van der Waals surface area contributed by atoms with Gasteiger partial charge in [0.05, 0.1) is 6.04 Å². The number of piperidine rings is 1. The molecule has 2 N–H and O–H groups in total. The second-order valence-corrected chi connectivity index (χ2v) is 9.35. The van der Waals surface area contributed by atoms with Gasteiger partial charge in [-0.3, -0.25) is 13.8 Å². The minimum absolute atomic E-state index is 0.0638. The monoisotopic (exact) mass is 405 g/mol. The Labute approximate surface area is 169 Å². The van der Waals surface area contributed by atoms with Crippen molar-refractivity contribution in [2.45, 2.75) is 68.9 Å². The lowest BCUT2D eigenvalue weighted by atomic mass is 9.98. The quantitative estimate of drug-likeness (QED) is 0.688. The summed E-state index contributed by atoms with van der Waals surface area (Å²) in [5, 5.41) is 5.66. The normalized spacial score (nSPS) is 26.6. The van der Waals surface area contributed by atoms with Gasteiger partial charge in [-0.05, 0) is 51.1 Å². The number of amides is 2. The van der Waals surface area contributed by atoms with Crippen molar-refractivity contribution in [3.05, 3.63) is 35.9 Å². The first-order valence-electron chi connectivity index (χ1n) is 10.3. The molecular weight excluding hydrogens is 374 g/mol. The Morgan fingerprint density at radius 3 is 2.61 bits per heavy atom. The van der Waals surface area contributed by atoms with Crippen LogP contribution >= 0.6 is 0 Å². The fraction of sp³-hybridized carbons (Fsp3) is 0.619. The smallest absolute Gasteiger partial charge is 0.246 e. The molecule has 3 unspecified atom stereocenters. The third kappa shape index (κ3) is 4.63. The maximum Gasteiger partial charge on any atom is 0.246 e. The Morgan fingerprint density at radius 1 is 1.21 bits per heavy atom. The van der Waals surface area contributed by atoms with Crippen LogP contribution in [0.2, 0.25) is 0 Å². The van der Waals surface area contributed by atoms with Gasteiger partial charge < -0.3 is 15.5 Å². The summed E-state index contributed by atoms with van der Waals surface area (Å²) in [6, 6.07) is 9.39. The summed E-state index contributed by atoms with van der Waals surface area (Å²) >= 11 is 0. The predicted octanol–water partition coefficient (Wildman–Crippen LogP) is 1.57. The molecule has 154 valence electrons. The van der Waals surface area contributed by atoms with E-state index in [0.717, 1.165) is 31.2 Å². The number of likely N-dealkylation sites (N-methyl/N-ethyl adjacent to an activating group) is 1. The van der Waals surface area contributed by atoms with Crippen LogP contribution in [0.3, 0.4) is 0 Å². The number of carbonyl (C=O) groups is 2. The van der Waals surface area contributed by atoms with E-state index in [0.29, 0.717) is 18.6 Å². The topological polar surface area (TPSA) is 78.5 Å². The van der Waals surface area contributed by atoms with E-state index in [1.165, 1.54) is 0 Å². The van der Waals surface area contributed by atoms with E-state index in [9.17, 15) is 13.8 Å². The van der Waals surface area contributed by atoms with Gasteiger partial charge in [0.1, 0.15) is 11.4 Å². The van der Waals surface area contributed by atoms with Crippen molar-refractivity contribution in [3.8, 4) is 0 Å². The number of nitrogens with one attached hydrogen (secondary N) is 2. The van der Waals surface area contributed by atoms with E-state index in [1.54, 1.807) is 7.05 Å². The van der Waals surface area contributed by atoms with Crippen molar-refractivity contribution in [1.29, 1.82) is 0 Å². The Hall–Kier alpha value is -1.73. The van der Waals surface area contributed by atoms with Gasteiger partial charge in [0.15, 0.2) is 0 Å². The minimum atomic E-state index is -1.09. The van der Waals surface area contributed by atoms with Gasteiger partial charge in [0.25, 0.3) is 0 Å². The van der Waals surface area contributed by atoms with Crippen LogP contribution in [-0.2, 0) is 26.8 Å². The number of benzene rings is 1. The molecule has 7 heteroatoms. The molecule has 2 aliphatic rings. The average molecular weight is 406 g/mol. The van der Waals surface area contributed by atoms with Crippen molar-refractivity contribution < 1.29 is 13.8 Å². The molecule has 1 aromatic carbocycles. The summed E-state index contributed by atoms with van der Waals surface area (Å²) < 4.78 is 13.0. The van der Waals surface area contributed by atoms with Crippen molar-refractivity contribution in [1.82, 2.24) is 15.5 Å². The van der Waals surface area contributed by atoms with E-state index < -0.39 is 16.8 Å². The third-order valence-electron chi connectivity index (χ3n) is 5.92. The third-order valence-corrected chi connectivity index (χ3v) is 7.60. The van der Waals surface area contributed by atoms with Crippen molar-refractivity contribution in [2.75, 3.05) is 12.8 Å². The van der Waals surface area contributed by atoms with Gasteiger partial charge in [-0.15, -0.1) is 0 Å². The van der Waals surface area contributed by atoms with E-state index in [-0.39, 0.29) is 29.3 Å². The van der Waals surface area contributed by atoms with E-state index >= 15 is 0 Å². The first-order valence-corrected chi connectivity index (χ1v) is 11.6. The van der Waals surface area contributed by atoms with Crippen LogP contribution in [0.4, 0.5) is 0 Å².